The highest BCUT2D eigenvalue weighted by atomic mass is 16.6. The molecule has 8 atom stereocenters. The lowest BCUT2D eigenvalue weighted by Gasteiger charge is -2.30. The van der Waals surface area contributed by atoms with Crippen LogP contribution in [0.1, 0.15) is 66.5 Å². The van der Waals surface area contributed by atoms with Gasteiger partial charge in [0.1, 0.15) is 29.5 Å². The van der Waals surface area contributed by atoms with Crippen LogP contribution in [0.3, 0.4) is 0 Å². The lowest BCUT2D eigenvalue weighted by molar-refractivity contribution is -0.158. The van der Waals surface area contributed by atoms with E-state index < -0.39 is 77.8 Å². The number of cyclic esters (lactones) is 2. The Kier molecular flexibility index (Phi) is 19.3. The predicted octanol–water partition coefficient (Wildman–Crippen LogP) is 4.83. The first kappa shape index (κ1) is 49.2. The lowest BCUT2D eigenvalue weighted by Crippen LogP contribution is -2.47. The smallest absolute Gasteiger partial charge is 0.408 e. The van der Waals surface area contributed by atoms with E-state index in [9.17, 15) is 29.1 Å². The molecule has 0 spiro atoms. The Balaban J connectivity index is 0.000000327. The quantitative estimate of drug-likeness (QED) is 0.134. The fourth-order valence-corrected chi connectivity index (χ4v) is 6.20. The van der Waals surface area contributed by atoms with Crippen molar-refractivity contribution < 1.29 is 67.0 Å². The molecule has 2 aromatic carbocycles. The Morgan fingerprint density at radius 1 is 0.700 bits per heavy atom. The van der Waals surface area contributed by atoms with Gasteiger partial charge in [0.2, 0.25) is 0 Å². The zero-order chi connectivity index (χ0) is 44.5. The van der Waals surface area contributed by atoms with Gasteiger partial charge in [-0.1, -0.05) is 60.7 Å². The molecule has 60 heavy (non-hydrogen) atoms. The molecule has 0 unspecified atom stereocenters. The molecule has 332 valence electrons. The first-order valence-corrected chi connectivity index (χ1v) is 20.0. The van der Waals surface area contributed by atoms with Gasteiger partial charge in [-0.15, -0.1) is 0 Å². The number of hydrogen-bond acceptors (Lipinski definition) is 14. The van der Waals surface area contributed by atoms with E-state index in [4.69, 9.17) is 33.2 Å². The minimum atomic E-state index is -1.04. The summed E-state index contributed by atoms with van der Waals surface area (Å²) in [5.74, 6) is -2.35. The third kappa shape index (κ3) is 18.0. The molecule has 16 heteroatoms. The molecule has 16 nitrogen and oxygen atoms in total. The maximum absolute atomic E-state index is 12.8. The van der Waals surface area contributed by atoms with E-state index in [1.54, 1.807) is 55.4 Å². The van der Waals surface area contributed by atoms with E-state index in [1.165, 1.54) is 13.4 Å². The molecule has 4 rings (SSSR count). The van der Waals surface area contributed by atoms with Crippen molar-refractivity contribution in [3.63, 3.8) is 0 Å². The molecular weight excluding hydrogens is 780 g/mol. The normalized spacial score (nSPS) is 25.4. The van der Waals surface area contributed by atoms with Crippen molar-refractivity contribution >= 4 is 30.1 Å². The number of aliphatic hydroxyl groups is 1. The van der Waals surface area contributed by atoms with Gasteiger partial charge in [-0.25, -0.2) is 24.0 Å². The summed E-state index contributed by atoms with van der Waals surface area (Å²) in [6, 6.07) is 17.5. The van der Waals surface area contributed by atoms with Gasteiger partial charge in [0.15, 0.2) is 12.1 Å². The van der Waals surface area contributed by atoms with Gasteiger partial charge in [-0.3, -0.25) is 0 Å². The zero-order valence-electron chi connectivity index (χ0n) is 36.0. The van der Waals surface area contributed by atoms with E-state index in [-0.39, 0.29) is 38.3 Å². The minimum Gasteiger partial charge on any atom is -0.494 e. The zero-order valence-corrected chi connectivity index (χ0v) is 36.0. The van der Waals surface area contributed by atoms with E-state index >= 15 is 0 Å². The van der Waals surface area contributed by atoms with Crippen molar-refractivity contribution in [1.29, 1.82) is 0 Å². The number of ether oxygens (including phenoxy) is 8. The summed E-state index contributed by atoms with van der Waals surface area (Å²) in [7, 11) is 1.26. The molecule has 2 heterocycles. The van der Waals surface area contributed by atoms with E-state index in [0.717, 1.165) is 17.2 Å². The van der Waals surface area contributed by atoms with Crippen molar-refractivity contribution in [2.24, 2.45) is 11.8 Å². The van der Waals surface area contributed by atoms with E-state index in [0.29, 0.717) is 12.8 Å². The third-order valence-electron chi connectivity index (χ3n) is 9.00. The summed E-state index contributed by atoms with van der Waals surface area (Å²) in [5, 5.41) is 15.6. The van der Waals surface area contributed by atoms with Crippen LogP contribution in [0.5, 0.6) is 0 Å². The Morgan fingerprint density at radius 3 is 1.58 bits per heavy atom. The largest absolute Gasteiger partial charge is 0.494 e. The van der Waals surface area contributed by atoms with Crippen molar-refractivity contribution in [2.75, 3.05) is 33.5 Å². The summed E-state index contributed by atoms with van der Waals surface area (Å²) in [6.07, 6.45) is -0.825. The summed E-state index contributed by atoms with van der Waals surface area (Å²) in [6.45, 7) is 14.1. The average Bonchev–Trinajstić information content (AvgIpc) is 3.24. The minimum absolute atomic E-state index is 0.0528. The van der Waals surface area contributed by atoms with Crippen LogP contribution < -0.4 is 10.6 Å². The second kappa shape index (κ2) is 23.6. The van der Waals surface area contributed by atoms with Crippen LogP contribution in [-0.2, 0) is 65.1 Å². The van der Waals surface area contributed by atoms with Gasteiger partial charge in [-0.2, -0.15) is 0 Å². The lowest BCUT2D eigenvalue weighted by atomic mass is 9.91. The summed E-state index contributed by atoms with van der Waals surface area (Å²) >= 11 is 0. The molecule has 2 aliphatic rings. The molecule has 3 N–H and O–H groups in total. The van der Waals surface area contributed by atoms with Crippen LogP contribution in [0.25, 0.3) is 0 Å². The third-order valence-corrected chi connectivity index (χ3v) is 9.00. The Hall–Kier alpha value is -5.19. The molecule has 0 aromatic heterocycles. The fourth-order valence-electron chi connectivity index (χ4n) is 6.20. The molecule has 2 aromatic rings. The summed E-state index contributed by atoms with van der Waals surface area (Å²) < 4.78 is 43.3. The number of amides is 2. The van der Waals surface area contributed by atoms with Crippen molar-refractivity contribution in [3.05, 3.63) is 84.1 Å². The Bertz CT molecular complexity index is 1690. The van der Waals surface area contributed by atoms with Crippen molar-refractivity contribution in [3.8, 4) is 0 Å². The average molecular weight is 843 g/mol. The highest BCUT2D eigenvalue weighted by molar-refractivity contribution is 5.82. The monoisotopic (exact) mass is 842 g/mol. The molecule has 0 radical (unpaired) electrons. The number of alkyl carbamates (subject to hydrolysis) is 2. The predicted molar refractivity (Wildman–Crippen MR) is 218 cm³/mol. The van der Waals surface area contributed by atoms with Crippen LogP contribution >= 0.6 is 0 Å². The van der Waals surface area contributed by atoms with Gasteiger partial charge in [0.25, 0.3) is 0 Å². The van der Waals surface area contributed by atoms with Crippen LogP contribution in [-0.4, -0.2) is 116 Å². The van der Waals surface area contributed by atoms with Gasteiger partial charge in [-0.05, 0) is 79.4 Å². The molecule has 2 fully saturated rings. The Morgan fingerprint density at radius 2 is 1.13 bits per heavy atom. The molecule has 2 amide bonds. The number of nitrogens with one attached hydrogen (secondary N) is 2. The van der Waals surface area contributed by atoms with Gasteiger partial charge < -0.3 is 53.6 Å². The van der Waals surface area contributed by atoms with Crippen LogP contribution in [0.4, 0.5) is 9.59 Å². The standard InChI is InChI=1S/C24H33NO8.C20H29NO6/c1-16-21(31-12-11-20(26)29-5)18(13-17-9-7-6-8-10-17)14-30-15-19(22(27)32-16)25-23(28)33-24(2,3)4;1-13-17(22)15(10-14-8-6-5-7-9-14)11-25-12-16(18(23)26-13)21-19(24)27-20(2,3)4/h6-12,16,18-19,21H,13-15H2,1-5H3,(H,25,28);5-9,13,15-17,22H,10-12H2,1-4H3,(H,21,24)/b12-11+;/t16-,18-,19-,21-;13-,15-,16-,17-/m00/s1. The first-order chi connectivity index (χ1) is 28.2. The second-order valence-electron chi connectivity index (χ2n) is 16.6. The van der Waals surface area contributed by atoms with Crippen LogP contribution in [0, 0.1) is 11.8 Å². The van der Waals surface area contributed by atoms with E-state index in [1.807, 2.05) is 60.7 Å². The van der Waals surface area contributed by atoms with Crippen LogP contribution in [0.2, 0.25) is 0 Å². The molecule has 2 aliphatic heterocycles. The Labute approximate surface area is 352 Å². The molecule has 2 saturated heterocycles. The number of carbonyl (C=O) groups is 5. The number of benzene rings is 2. The molecule has 0 saturated carbocycles. The second-order valence-corrected chi connectivity index (χ2v) is 16.6. The maximum atomic E-state index is 12.8. The number of carbonyl (C=O) groups excluding carboxylic acids is 5. The summed E-state index contributed by atoms with van der Waals surface area (Å²) in [4.78, 5) is 60.7. The number of aliphatic hydroxyl groups excluding tert-OH is 1. The number of esters is 3. The molecular formula is C44H62N2O14. The van der Waals surface area contributed by atoms with E-state index in [2.05, 4.69) is 15.4 Å². The highest BCUT2D eigenvalue weighted by Gasteiger charge is 2.37. The maximum Gasteiger partial charge on any atom is 0.408 e. The SMILES string of the molecule is COC(=O)/C=C/O[C@@H]1[C@@H](Cc2ccccc2)COC[C@H](NC(=O)OC(C)(C)C)C(=O)O[C@H]1C.C[C@@H]1OC(=O)[C@@H](NC(=O)OC(C)(C)C)COC[C@H](Cc2ccccc2)[C@H]1O. The number of rotatable bonds is 9. The topological polar surface area (TPSA) is 203 Å². The highest BCUT2D eigenvalue weighted by Crippen LogP contribution is 2.24. The van der Waals surface area contributed by atoms with Crippen molar-refractivity contribution in [2.45, 2.75) is 116 Å². The fraction of sp³-hybridized carbons (Fsp3) is 0.568. The summed E-state index contributed by atoms with van der Waals surface area (Å²) in [5.41, 5.74) is 0.716. The van der Waals surface area contributed by atoms with Crippen molar-refractivity contribution in [1.82, 2.24) is 10.6 Å². The van der Waals surface area contributed by atoms with Gasteiger partial charge >= 0.3 is 30.1 Å². The van der Waals surface area contributed by atoms with Gasteiger partial charge in [0, 0.05) is 11.8 Å². The number of hydrogen-bond donors (Lipinski definition) is 3. The van der Waals surface area contributed by atoms with Crippen LogP contribution in [0.15, 0.2) is 73.0 Å². The molecule has 0 bridgehead atoms. The molecule has 0 aliphatic carbocycles. The first-order valence-electron chi connectivity index (χ1n) is 20.0. The number of methoxy groups -OCH3 is 1. The van der Waals surface area contributed by atoms with Gasteiger partial charge in [0.05, 0.1) is 52.0 Å².